The molecule has 7 aromatic carbocycles. The lowest BCUT2D eigenvalue weighted by atomic mass is 10.00. The summed E-state index contributed by atoms with van der Waals surface area (Å²) in [5.74, 6) is 2.01. The molecule has 0 aliphatic heterocycles. The fourth-order valence-corrected chi connectivity index (χ4v) is 9.04. The van der Waals surface area contributed by atoms with Crippen molar-refractivity contribution in [3.8, 4) is 45.3 Å². The molecule has 0 spiro atoms. The fourth-order valence-electron chi connectivity index (χ4n) is 6.76. The summed E-state index contributed by atoms with van der Waals surface area (Å²) in [5, 5.41) is 7.43. The smallest absolute Gasteiger partial charge is 0.164 e. The molecule has 224 valence electrons. The number of aromatic nitrogens is 3. The highest BCUT2D eigenvalue weighted by molar-refractivity contribution is 7.26. The maximum absolute atomic E-state index is 5.18. The van der Waals surface area contributed by atoms with E-state index >= 15 is 0 Å². The average Bonchev–Trinajstić information content (AvgIpc) is 3.72. The first-order chi connectivity index (χ1) is 23.7. The predicted octanol–water partition coefficient (Wildman–Crippen LogP) is 12.4. The van der Waals surface area contributed by atoms with Gasteiger partial charge in [-0.05, 0) is 52.2 Å². The van der Waals surface area contributed by atoms with E-state index in [0.29, 0.717) is 17.5 Å². The van der Waals surface area contributed by atoms with E-state index in [4.69, 9.17) is 15.0 Å². The van der Waals surface area contributed by atoms with Crippen LogP contribution < -0.4 is 0 Å². The molecule has 3 heterocycles. The van der Waals surface area contributed by atoms with Gasteiger partial charge in [0.2, 0.25) is 0 Å². The molecule has 3 aromatic heterocycles. The molecule has 0 unspecified atom stereocenters. The summed E-state index contributed by atoms with van der Waals surface area (Å²) in [4.78, 5) is 15.5. The SMILES string of the molecule is c1ccc2cc(-c3ccc(-c4nc(-c5ccc6c(c5)sc5ccccc56)nc(-c5cccc6sc7ccccc7c56)n4)cc3)ccc2c1. The van der Waals surface area contributed by atoms with Crippen molar-refractivity contribution < 1.29 is 0 Å². The van der Waals surface area contributed by atoms with Gasteiger partial charge >= 0.3 is 0 Å². The van der Waals surface area contributed by atoms with Crippen LogP contribution in [0.15, 0.2) is 152 Å². The Labute approximate surface area is 284 Å². The number of benzene rings is 7. The van der Waals surface area contributed by atoms with E-state index in [1.807, 2.05) is 0 Å². The van der Waals surface area contributed by atoms with Gasteiger partial charge < -0.3 is 0 Å². The van der Waals surface area contributed by atoms with E-state index in [1.54, 1.807) is 22.7 Å². The van der Waals surface area contributed by atoms with Crippen LogP contribution in [0.1, 0.15) is 0 Å². The van der Waals surface area contributed by atoms with E-state index < -0.39 is 0 Å². The molecule has 0 saturated heterocycles. The molecule has 3 nitrogen and oxygen atoms in total. The Morgan fingerprint density at radius 1 is 0.333 bits per heavy atom. The zero-order valence-corrected chi connectivity index (χ0v) is 27.2. The number of thiophene rings is 2. The van der Waals surface area contributed by atoms with Crippen LogP contribution in [-0.4, -0.2) is 15.0 Å². The fraction of sp³-hybridized carbons (Fsp3) is 0. The molecule has 10 rings (SSSR count). The second-order valence-corrected chi connectivity index (χ2v) is 14.2. The van der Waals surface area contributed by atoms with Crippen LogP contribution in [0.4, 0.5) is 0 Å². The summed E-state index contributed by atoms with van der Waals surface area (Å²) < 4.78 is 4.99. The monoisotopic (exact) mass is 647 g/mol. The van der Waals surface area contributed by atoms with E-state index in [9.17, 15) is 0 Å². The first kappa shape index (κ1) is 27.4. The molecule has 48 heavy (non-hydrogen) atoms. The van der Waals surface area contributed by atoms with Gasteiger partial charge in [-0.25, -0.2) is 15.0 Å². The number of fused-ring (bicyclic) bond motifs is 7. The van der Waals surface area contributed by atoms with Gasteiger partial charge in [0.25, 0.3) is 0 Å². The molecule has 0 aliphatic rings. The van der Waals surface area contributed by atoms with Crippen LogP contribution in [0.25, 0.3) is 96.4 Å². The molecule has 0 radical (unpaired) electrons. The topological polar surface area (TPSA) is 38.7 Å². The lowest BCUT2D eigenvalue weighted by Crippen LogP contribution is -2.00. The second kappa shape index (κ2) is 10.9. The van der Waals surface area contributed by atoms with E-state index in [2.05, 4.69) is 152 Å². The second-order valence-electron chi connectivity index (χ2n) is 12.0. The number of hydrogen-bond donors (Lipinski definition) is 0. The van der Waals surface area contributed by atoms with Gasteiger partial charge in [-0.3, -0.25) is 0 Å². The summed E-state index contributed by atoms with van der Waals surface area (Å²) in [7, 11) is 0. The van der Waals surface area contributed by atoms with Crippen molar-refractivity contribution in [2.24, 2.45) is 0 Å². The molecule has 5 heteroatoms. The Hall–Kier alpha value is -5.75. The first-order valence-electron chi connectivity index (χ1n) is 15.9. The summed E-state index contributed by atoms with van der Waals surface area (Å²) in [6, 6.07) is 53.9. The Bertz CT molecular complexity index is 2850. The molecule has 0 saturated carbocycles. The van der Waals surface area contributed by atoms with Crippen molar-refractivity contribution in [1.82, 2.24) is 15.0 Å². The van der Waals surface area contributed by atoms with Crippen LogP contribution in [0.3, 0.4) is 0 Å². The van der Waals surface area contributed by atoms with Gasteiger partial charge in [-0.1, -0.05) is 121 Å². The van der Waals surface area contributed by atoms with Crippen molar-refractivity contribution in [1.29, 1.82) is 0 Å². The number of nitrogens with zero attached hydrogens (tertiary/aromatic N) is 3. The lowest BCUT2D eigenvalue weighted by Gasteiger charge is -2.10. The summed E-state index contributed by atoms with van der Waals surface area (Å²) in [5.41, 5.74) is 5.29. The largest absolute Gasteiger partial charge is 0.208 e. The highest BCUT2D eigenvalue weighted by Gasteiger charge is 2.18. The Balaban J connectivity index is 1.15. The lowest BCUT2D eigenvalue weighted by molar-refractivity contribution is 1.08. The number of rotatable bonds is 4. The van der Waals surface area contributed by atoms with Crippen LogP contribution in [0.2, 0.25) is 0 Å². The molecule has 0 amide bonds. The normalized spacial score (nSPS) is 11.8. The predicted molar refractivity (Wildman–Crippen MR) is 205 cm³/mol. The summed E-state index contributed by atoms with van der Waals surface area (Å²) in [6.45, 7) is 0. The third-order valence-electron chi connectivity index (χ3n) is 9.14. The van der Waals surface area contributed by atoms with E-state index in [-0.39, 0.29) is 0 Å². The zero-order valence-electron chi connectivity index (χ0n) is 25.6. The van der Waals surface area contributed by atoms with Crippen molar-refractivity contribution in [3.63, 3.8) is 0 Å². The first-order valence-corrected chi connectivity index (χ1v) is 17.6. The van der Waals surface area contributed by atoms with Gasteiger partial charge in [-0.2, -0.15) is 0 Å². The molecular weight excluding hydrogens is 623 g/mol. The minimum Gasteiger partial charge on any atom is -0.208 e. The van der Waals surface area contributed by atoms with Gasteiger partial charge in [0, 0.05) is 57.0 Å². The van der Waals surface area contributed by atoms with Crippen LogP contribution in [-0.2, 0) is 0 Å². The molecule has 0 aliphatic carbocycles. The molecule has 0 bridgehead atoms. The van der Waals surface area contributed by atoms with Gasteiger partial charge in [0.05, 0.1) is 0 Å². The standard InChI is InChI=1S/C43H25N3S2/c1-2-9-29-24-30(21-18-26(29)8-1)27-16-19-28(20-17-27)41-44-42(31-22-23-33-32-10-3-5-13-36(32)48-39(33)25-31)46-43(45-41)35-12-7-15-38-40(35)34-11-4-6-14-37(34)47-38/h1-25H. The van der Waals surface area contributed by atoms with Gasteiger partial charge in [-0.15, -0.1) is 22.7 Å². The Morgan fingerprint density at radius 3 is 1.77 bits per heavy atom. The van der Waals surface area contributed by atoms with Crippen LogP contribution in [0, 0.1) is 0 Å². The Morgan fingerprint density at radius 2 is 0.917 bits per heavy atom. The minimum absolute atomic E-state index is 0.660. The third-order valence-corrected chi connectivity index (χ3v) is 11.4. The number of hydrogen-bond acceptors (Lipinski definition) is 5. The summed E-state index contributed by atoms with van der Waals surface area (Å²) >= 11 is 3.61. The molecule has 10 aromatic rings. The average molecular weight is 648 g/mol. The van der Waals surface area contributed by atoms with Gasteiger partial charge in [0.15, 0.2) is 17.5 Å². The molecular formula is C43H25N3S2. The minimum atomic E-state index is 0.660. The van der Waals surface area contributed by atoms with E-state index in [1.165, 1.54) is 56.7 Å². The van der Waals surface area contributed by atoms with Crippen molar-refractivity contribution in [2.45, 2.75) is 0 Å². The van der Waals surface area contributed by atoms with Crippen molar-refractivity contribution >= 4 is 73.8 Å². The Kier molecular flexibility index (Phi) is 6.22. The summed E-state index contributed by atoms with van der Waals surface area (Å²) in [6.07, 6.45) is 0. The van der Waals surface area contributed by atoms with Crippen molar-refractivity contribution in [3.05, 3.63) is 152 Å². The highest BCUT2D eigenvalue weighted by Crippen LogP contribution is 2.40. The van der Waals surface area contributed by atoms with Crippen molar-refractivity contribution in [2.75, 3.05) is 0 Å². The molecule has 0 fully saturated rings. The van der Waals surface area contributed by atoms with Crippen LogP contribution >= 0.6 is 22.7 Å². The van der Waals surface area contributed by atoms with E-state index in [0.717, 1.165) is 22.3 Å². The third kappa shape index (κ3) is 4.51. The van der Waals surface area contributed by atoms with Gasteiger partial charge in [0.1, 0.15) is 0 Å². The van der Waals surface area contributed by atoms with Crippen LogP contribution in [0.5, 0.6) is 0 Å². The maximum atomic E-state index is 5.18. The quantitative estimate of drug-likeness (QED) is 0.191. The zero-order chi connectivity index (χ0) is 31.6. The molecule has 0 atom stereocenters. The maximum Gasteiger partial charge on any atom is 0.164 e. The highest BCUT2D eigenvalue weighted by atomic mass is 32.1. The molecule has 0 N–H and O–H groups in total.